The standard InChI is InChI=1S/C16H21ClF2N2/c1-5-11(6-2)10(4)21-14-8-12(18)7-13(19)15(14)20-16(21)9(3)17/h7-11H,5-6H2,1-4H3. The third-order valence-electron chi connectivity index (χ3n) is 4.23. The topological polar surface area (TPSA) is 17.8 Å². The maximum Gasteiger partial charge on any atom is 0.153 e. The van der Waals surface area contributed by atoms with E-state index in [0.29, 0.717) is 17.3 Å². The van der Waals surface area contributed by atoms with Crippen LogP contribution in [0, 0.1) is 17.6 Å². The Hall–Kier alpha value is -1.16. The molecule has 5 heteroatoms. The Morgan fingerprint density at radius 1 is 1.19 bits per heavy atom. The summed E-state index contributed by atoms with van der Waals surface area (Å²) in [6.07, 6.45) is 1.98. The summed E-state index contributed by atoms with van der Waals surface area (Å²) in [7, 11) is 0. The molecular weight excluding hydrogens is 294 g/mol. The number of fused-ring (bicyclic) bond motifs is 1. The van der Waals surface area contributed by atoms with Crippen LogP contribution in [0.3, 0.4) is 0 Å². The quantitative estimate of drug-likeness (QED) is 0.656. The second-order valence-corrected chi connectivity index (χ2v) is 6.18. The highest BCUT2D eigenvalue weighted by Gasteiger charge is 2.25. The highest BCUT2D eigenvalue weighted by molar-refractivity contribution is 6.20. The molecule has 21 heavy (non-hydrogen) atoms. The zero-order valence-corrected chi connectivity index (χ0v) is 13.6. The van der Waals surface area contributed by atoms with Crippen molar-refractivity contribution >= 4 is 22.6 Å². The summed E-state index contributed by atoms with van der Waals surface area (Å²) in [4.78, 5) is 4.31. The Morgan fingerprint density at radius 3 is 2.33 bits per heavy atom. The van der Waals surface area contributed by atoms with Gasteiger partial charge in [-0.2, -0.15) is 0 Å². The molecule has 0 fully saturated rings. The number of benzene rings is 1. The van der Waals surface area contributed by atoms with Crippen molar-refractivity contribution in [1.29, 1.82) is 0 Å². The Kier molecular flexibility index (Phi) is 4.87. The van der Waals surface area contributed by atoms with Crippen molar-refractivity contribution in [3.8, 4) is 0 Å². The summed E-state index contributed by atoms with van der Waals surface area (Å²) in [6, 6.07) is 2.29. The number of hydrogen-bond acceptors (Lipinski definition) is 1. The lowest BCUT2D eigenvalue weighted by Crippen LogP contribution is -2.18. The molecule has 0 spiro atoms. The zero-order valence-electron chi connectivity index (χ0n) is 12.8. The van der Waals surface area contributed by atoms with Crippen molar-refractivity contribution in [3.63, 3.8) is 0 Å². The van der Waals surface area contributed by atoms with Gasteiger partial charge in [-0.3, -0.25) is 0 Å². The molecule has 1 heterocycles. The van der Waals surface area contributed by atoms with E-state index in [1.807, 2.05) is 4.57 Å². The van der Waals surface area contributed by atoms with E-state index in [1.54, 1.807) is 6.92 Å². The first-order valence-electron chi connectivity index (χ1n) is 7.41. The molecule has 0 radical (unpaired) electrons. The van der Waals surface area contributed by atoms with Crippen LogP contribution in [0.5, 0.6) is 0 Å². The SMILES string of the molecule is CCC(CC)C(C)n1c(C(C)Cl)nc2c(F)cc(F)cc21. The first-order valence-corrected chi connectivity index (χ1v) is 7.85. The van der Waals surface area contributed by atoms with Gasteiger partial charge in [-0.05, 0) is 25.8 Å². The molecule has 2 nitrogen and oxygen atoms in total. The first-order chi connectivity index (χ1) is 9.90. The molecule has 0 aliphatic heterocycles. The molecule has 0 bridgehead atoms. The fourth-order valence-corrected chi connectivity index (χ4v) is 3.18. The smallest absolute Gasteiger partial charge is 0.153 e. The van der Waals surface area contributed by atoms with Crippen LogP contribution in [0.15, 0.2) is 12.1 Å². The van der Waals surface area contributed by atoms with E-state index in [9.17, 15) is 8.78 Å². The van der Waals surface area contributed by atoms with Crippen molar-refractivity contribution in [3.05, 3.63) is 29.6 Å². The maximum atomic E-state index is 14.0. The lowest BCUT2D eigenvalue weighted by atomic mass is 9.95. The van der Waals surface area contributed by atoms with E-state index < -0.39 is 11.6 Å². The summed E-state index contributed by atoms with van der Waals surface area (Å²) in [6.45, 7) is 8.10. The van der Waals surface area contributed by atoms with Crippen molar-refractivity contribution in [1.82, 2.24) is 9.55 Å². The van der Waals surface area contributed by atoms with Crippen LogP contribution in [0.4, 0.5) is 8.78 Å². The highest BCUT2D eigenvalue weighted by Crippen LogP contribution is 2.34. The van der Waals surface area contributed by atoms with Crippen molar-refractivity contribution in [2.75, 3.05) is 0 Å². The van der Waals surface area contributed by atoms with Gasteiger partial charge in [0, 0.05) is 12.1 Å². The molecule has 2 atom stereocenters. The van der Waals surface area contributed by atoms with Crippen molar-refractivity contribution in [2.24, 2.45) is 5.92 Å². The average molecular weight is 315 g/mol. The monoisotopic (exact) mass is 314 g/mol. The molecule has 2 rings (SSSR count). The minimum atomic E-state index is -0.640. The van der Waals surface area contributed by atoms with Crippen LogP contribution >= 0.6 is 11.6 Å². The number of rotatable bonds is 5. The van der Waals surface area contributed by atoms with Crippen LogP contribution in [0.1, 0.15) is 57.8 Å². The van der Waals surface area contributed by atoms with Gasteiger partial charge in [0.05, 0.1) is 10.9 Å². The van der Waals surface area contributed by atoms with Gasteiger partial charge in [0.2, 0.25) is 0 Å². The summed E-state index contributed by atoms with van der Waals surface area (Å²) >= 11 is 6.21. The molecule has 116 valence electrons. The molecule has 1 aromatic heterocycles. The van der Waals surface area contributed by atoms with E-state index in [4.69, 9.17) is 11.6 Å². The third-order valence-corrected chi connectivity index (χ3v) is 4.43. The van der Waals surface area contributed by atoms with Crippen LogP contribution < -0.4 is 0 Å². The number of halogens is 3. The van der Waals surface area contributed by atoms with Gasteiger partial charge < -0.3 is 4.57 Å². The predicted octanol–water partition coefficient (Wildman–Crippen LogP) is 5.61. The second-order valence-electron chi connectivity index (χ2n) is 5.53. The van der Waals surface area contributed by atoms with Crippen molar-refractivity contribution < 1.29 is 8.78 Å². The molecular formula is C16H21ClF2N2. The molecule has 0 saturated heterocycles. The largest absolute Gasteiger partial charge is 0.323 e. The Labute approximate surface area is 129 Å². The number of aromatic nitrogens is 2. The van der Waals surface area contributed by atoms with Crippen LogP contribution in [0.2, 0.25) is 0 Å². The molecule has 0 amide bonds. The molecule has 1 aromatic carbocycles. The lowest BCUT2D eigenvalue weighted by Gasteiger charge is -2.26. The summed E-state index contributed by atoms with van der Waals surface area (Å²) in [5.41, 5.74) is 0.672. The number of alkyl halides is 1. The van der Waals surface area contributed by atoms with Gasteiger partial charge in [0.25, 0.3) is 0 Å². The van der Waals surface area contributed by atoms with E-state index in [0.717, 1.165) is 18.9 Å². The number of imidazole rings is 1. The minimum absolute atomic E-state index is 0.0856. The van der Waals surface area contributed by atoms with Crippen LogP contribution in [-0.4, -0.2) is 9.55 Å². The van der Waals surface area contributed by atoms with Gasteiger partial charge in [-0.25, -0.2) is 13.8 Å². The van der Waals surface area contributed by atoms with Crippen LogP contribution in [-0.2, 0) is 0 Å². The lowest BCUT2D eigenvalue weighted by molar-refractivity contribution is 0.332. The first kappa shape index (κ1) is 16.2. The van der Waals surface area contributed by atoms with E-state index in [-0.39, 0.29) is 16.9 Å². The highest BCUT2D eigenvalue weighted by atomic mass is 35.5. The van der Waals surface area contributed by atoms with Gasteiger partial charge in [-0.15, -0.1) is 11.6 Å². The van der Waals surface area contributed by atoms with Crippen LogP contribution in [0.25, 0.3) is 11.0 Å². The average Bonchev–Trinajstić information content (AvgIpc) is 2.79. The summed E-state index contributed by atoms with van der Waals surface area (Å²) in [5, 5.41) is -0.364. The number of nitrogens with zero attached hydrogens (tertiary/aromatic N) is 2. The fraction of sp³-hybridized carbons (Fsp3) is 0.562. The normalized spacial score (nSPS) is 14.9. The zero-order chi connectivity index (χ0) is 15.7. The summed E-state index contributed by atoms with van der Waals surface area (Å²) in [5.74, 6) is -0.232. The minimum Gasteiger partial charge on any atom is -0.323 e. The second kappa shape index (κ2) is 6.30. The Bertz CT molecular complexity index is 633. The predicted molar refractivity (Wildman–Crippen MR) is 82.7 cm³/mol. The maximum absolute atomic E-state index is 14.0. The molecule has 0 saturated carbocycles. The molecule has 2 aromatic rings. The van der Waals surface area contributed by atoms with E-state index in [2.05, 4.69) is 25.8 Å². The molecule has 0 N–H and O–H groups in total. The Morgan fingerprint density at radius 2 is 1.81 bits per heavy atom. The molecule has 2 unspecified atom stereocenters. The fourth-order valence-electron chi connectivity index (χ4n) is 3.03. The van der Waals surface area contributed by atoms with Gasteiger partial charge in [0.1, 0.15) is 17.2 Å². The third kappa shape index (κ3) is 2.91. The van der Waals surface area contributed by atoms with Gasteiger partial charge in [-0.1, -0.05) is 26.7 Å². The van der Waals surface area contributed by atoms with E-state index >= 15 is 0 Å². The van der Waals surface area contributed by atoms with Crippen molar-refractivity contribution in [2.45, 2.75) is 52.0 Å². The number of hydrogen-bond donors (Lipinski definition) is 0. The van der Waals surface area contributed by atoms with Gasteiger partial charge >= 0.3 is 0 Å². The Balaban J connectivity index is 2.72. The molecule has 0 aliphatic carbocycles. The molecule has 0 aliphatic rings. The summed E-state index contributed by atoms with van der Waals surface area (Å²) < 4.78 is 29.5. The van der Waals surface area contributed by atoms with Gasteiger partial charge in [0.15, 0.2) is 5.82 Å². The van der Waals surface area contributed by atoms with E-state index in [1.165, 1.54) is 6.07 Å².